The van der Waals surface area contributed by atoms with E-state index in [9.17, 15) is 9.59 Å². The van der Waals surface area contributed by atoms with Gasteiger partial charge < -0.3 is 20.1 Å². The van der Waals surface area contributed by atoms with Crippen molar-refractivity contribution in [3.63, 3.8) is 0 Å². The molecule has 0 saturated carbocycles. The van der Waals surface area contributed by atoms with Gasteiger partial charge in [-0.2, -0.15) is 0 Å². The van der Waals surface area contributed by atoms with Crippen LogP contribution in [0.5, 0.6) is 11.5 Å². The van der Waals surface area contributed by atoms with Crippen LogP contribution in [0.1, 0.15) is 17.3 Å². The number of carbonyl (C=O) groups excluding carboxylic acids is 2. The molecule has 9 heteroatoms. The molecule has 172 valence electrons. The molecule has 6 nitrogen and oxygen atoms in total. The molecule has 0 saturated heterocycles. The maximum atomic E-state index is 12.9. The van der Waals surface area contributed by atoms with Gasteiger partial charge in [-0.15, -0.1) is 11.8 Å². The molecule has 3 aromatic rings. The fraction of sp³-hybridized carbons (Fsp3) is 0.167. The van der Waals surface area contributed by atoms with Crippen molar-refractivity contribution in [2.75, 3.05) is 24.9 Å². The summed E-state index contributed by atoms with van der Waals surface area (Å²) in [4.78, 5) is 26.3. The number of anilines is 2. The minimum Gasteiger partial charge on any atom is -0.496 e. The molecule has 0 aliphatic heterocycles. The van der Waals surface area contributed by atoms with E-state index < -0.39 is 5.25 Å². The lowest BCUT2D eigenvalue weighted by molar-refractivity contribution is -0.115. The minimum atomic E-state index is -0.403. The molecule has 0 bridgehead atoms. The molecule has 33 heavy (non-hydrogen) atoms. The van der Waals surface area contributed by atoms with Crippen LogP contribution in [0.2, 0.25) is 10.0 Å². The lowest BCUT2D eigenvalue weighted by Crippen LogP contribution is -2.22. The van der Waals surface area contributed by atoms with Crippen molar-refractivity contribution in [2.45, 2.75) is 17.1 Å². The van der Waals surface area contributed by atoms with Crippen LogP contribution >= 0.6 is 35.0 Å². The second kappa shape index (κ2) is 11.3. The molecule has 0 aromatic heterocycles. The number of carbonyl (C=O) groups is 2. The van der Waals surface area contributed by atoms with Crippen LogP contribution in [-0.4, -0.2) is 31.3 Å². The summed E-state index contributed by atoms with van der Waals surface area (Å²) in [6.45, 7) is 1.79. The van der Waals surface area contributed by atoms with Crippen LogP contribution in [0.3, 0.4) is 0 Å². The summed E-state index contributed by atoms with van der Waals surface area (Å²) in [6, 6.07) is 17.3. The van der Waals surface area contributed by atoms with Gasteiger partial charge in [0.05, 0.1) is 29.5 Å². The van der Waals surface area contributed by atoms with Crippen molar-refractivity contribution in [1.82, 2.24) is 0 Å². The number of halogens is 2. The molecule has 0 aliphatic rings. The zero-order valence-electron chi connectivity index (χ0n) is 18.1. The Bertz CT molecular complexity index is 1150. The number of rotatable bonds is 8. The van der Waals surface area contributed by atoms with E-state index in [1.165, 1.54) is 26.0 Å². The highest BCUT2D eigenvalue weighted by atomic mass is 35.5. The molecule has 0 heterocycles. The maximum absolute atomic E-state index is 12.9. The molecule has 0 spiro atoms. The zero-order valence-corrected chi connectivity index (χ0v) is 20.5. The lowest BCUT2D eigenvalue weighted by atomic mass is 10.1. The van der Waals surface area contributed by atoms with Crippen molar-refractivity contribution in [3.8, 4) is 11.5 Å². The Morgan fingerprint density at radius 2 is 1.48 bits per heavy atom. The van der Waals surface area contributed by atoms with Crippen LogP contribution in [0.25, 0.3) is 0 Å². The highest BCUT2D eigenvalue weighted by Crippen LogP contribution is 2.31. The highest BCUT2D eigenvalue weighted by molar-refractivity contribution is 8.00. The molecule has 3 aromatic carbocycles. The Morgan fingerprint density at radius 3 is 2.12 bits per heavy atom. The first kappa shape index (κ1) is 24.8. The molecule has 3 rings (SSSR count). The Balaban J connectivity index is 1.69. The number of ether oxygens (including phenoxy) is 2. The van der Waals surface area contributed by atoms with E-state index in [1.54, 1.807) is 61.5 Å². The summed E-state index contributed by atoms with van der Waals surface area (Å²) >= 11 is 13.3. The summed E-state index contributed by atoms with van der Waals surface area (Å²) in [5.41, 5.74) is 1.44. The summed E-state index contributed by atoms with van der Waals surface area (Å²) in [5.74, 6) is 0.262. The molecule has 1 atom stereocenters. The van der Waals surface area contributed by atoms with Gasteiger partial charge >= 0.3 is 0 Å². The summed E-state index contributed by atoms with van der Waals surface area (Å²) < 4.78 is 10.6. The molecule has 0 radical (unpaired) electrons. The first-order valence-electron chi connectivity index (χ1n) is 9.87. The van der Waals surface area contributed by atoms with Crippen LogP contribution in [-0.2, 0) is 4.79 Å². The lowest BCUT2D eigenvalue weighted by Gasteiger charge is -2.15. The first-order valence-corrected chi connectivity index (χ1v) is 11.5. The average Bonchev–Trinajstić information content (AvgIpc) is 2.80. The molecule has 2 amide bonds. The third-order valence-corrected chi connectivity index (χ3v) is 6.45. The summed E-state index contributed by atoms with van der Waals surface area (Å²) in [6.07, 6.45) is 0. The van der Waals surface area contributed by atoms with E-state index in [2.05, 4.69) is 10.6 Å². The second-order valence-electron chi connectivity index (χ2n) is 6.90. The number of nitrogens with one attached hydrogen (secondary N) is 2. The maximum Gasteiger partial charge on any atom is 0.263 e. The van der Waals surface area contributed by atoms with Crippen LogP contribution in [0, 0.1) is 0 Å². The predicted molar refractivity (Wildman–Crippen MR) is 134 cm³/mol. The number of hydrogen-bond donors (Lipinski definition) is 2. The van der Waals surface area contributed by atoms with Gasteiger partial charge in [0.1, 0.15) is 17.1 Å². The van der Waals surface area contributed by atoms with Crippen molar-refractivity contribution in [3.05, 3.63) is 76.3 Å². The van der Waals surface area contributed by atoms with E-state index in [1.807, 2.05) is 6.07 Å². The normalized spacial score (nSPS) is 11.4. The number of thioether (sulfide) groups is 1. The topological polar surface area (TPSA) is 76.7 Å². The number of benzene rings is 3. The number of amides is 2. The fourth-order valence-corrected chi connectivity index (χ4v) is 4.22. The SMILES string of the molecule is COc1cccc(OC)c1C(=O)Nc1cccc(SC(C)C(=O)Nc2ccc(Cl)c(Cl)c2)c1. The largest absolute Gasteiger partial charge is 0.496 e. The van der Waals surface area contributed by atoms with Crippen LogP contribution in [0.15, 0.2) is 65.6 Å². The van der Waals surface area contributed by atoms with E-state index in [0.29, 0.717) is 38.5 Å². The second-order valence-corrected chi connectivity index (χ2v) is 9.13. The van der Waals surface area contributed by atoms with E-state index in [-0.39, 0.29) is 11.8 Å². The number of methoxy groups -OCH3 is 2. The van der Waals surface area contributed by atoms with Gasteiger partial charge in [-0.3, -0.25) is 9.59 Å². The molecular formula is C24H22Cl2N2O4S. The first-order chi connectivity index (χ1) is 15.8. The fourth-order valence-electron chi connectivity index (χ4n) is 2.99. The van der Waals surface area contributed by atoms with Crippen molar-refractivity contribution in [2.24, 2.45) is 0 Å². The van der Waals surface area contributed by atoms with Gasteiger partial charge in [0, 0.05) is 16.3 Å². The van der Waals surface area contributed by atoms with Gasteiger partial charge in [0.15, 0.2) is 0 Å². The molecule has 0 fully saturated rings. The van der Waals surface area contributed by atoms with E-state index >= 15 is 0 Å². The van der Waals surface area contributed by atoms with Gasteiger partial charge in [0.25, 0.3) is 5.91 Å². The van der Waals surface area contributed by atoms with Crippen LogP contribution in [0.4, 0.5) is 11.4 Å². The van der Waals surface area contributed by atoms with Gasteiger partial charge in [-0.1, -0.05) is 35.3 Å². The molecule has 0 aliphatic carbocycles. The number of hydrogen-bond acceptors (Lipinski definition) is 5. The van der Waals surface area contributed by atoms with Crippen molar-refractivity contribution in [1.29, 1.82) is 0 Å². The van der Waals surface area contributed by atoms with E-state index in [4.69, 9.17) is 32.7 Å². The predicted octanol–water partition coefficient (Wildman–Crippen LogP) is 6.38. The molecule has 1 unspecified atom stereocenters. The third-order valence-electron chi connectivity index (χ3n) is 4.62. The Labute approximate surface area is 206 Å². The van der Waals surface area contributed by atoms with Gasteiger partial charge in [-0.05, 0) is 55.5 Å². The smallest absolute Gasteiger partial charge is 0.263 e. The summed E-state index contributed by atoms with van der Waals surface area (Å²) in [5, 5.41) is 6.07. The van der Waals surface area contributed by atoms with Crippen molar-refractivity contribution >= 4 is 58.2 Å². The Hall–Kier alpha value is -2.87. The van der Waals surface area contributed by atoms with E-state index in [0.717, 1.165) is 4.90 Å². The van der Waals surface area contributed by atoms with Crippen molar-refractivity contribution < 1.29 is 19.1 Å². The monoisotopic (exact) mass is 504 g/mol. The van der Waals surface area contributed by atoms with Gasteiger partial charge in [0.2, 0.25) is 5.91 Å². The highest BCUT2D eigenvalue weighted by Gasteiger charge is 2.19. The quantitative estimate of drug-likeness (QED) is 0.348. The Morgan fingerprint density at radius 1 is 0.848 bits per heavy atom. The summed E-state index contributed by atoms with van der Waals surface area (Å²) in [7, 11) is 2.99. The minimum absolute atomic E-state index is 0.188. The third kappa shape index (κ3) is 6.35. The molecular weight excluding hydrogens is 483 g/mol. The zero-order chi connectivity index (χ0) is 24.0. The average molecular weight is 505 g/mol. The Kier molecular flexibility index (Phi) is 8.49. The van der Waals surface area contributed by atoms with Crippen LogP contribution < -0.4 is 20.1 Å². The standard InChI is InChI=1S/C24H22Cl2N2O4S/c1-14(23(29)27-16-10-11-18(25)19(26)13-16)33-17-7-4-6-15(12-17)28-24(30)22-20(31-2)8-5-9-21(22)32-3/h4-14H,1-3H3,(H,27,29)(H,28,30). The molecule has 2 N–H and O–H groups in total. The van der Waals surface area contributed by atoms with Gasteiger partial charge in [-0.25, -0.2) is 0 Å².